The number of aromatic nitrogens is 1. The van der Waals surface area contributed by atoms with Crippen LogP contribution in [-0.4, -0.2) is 61.7 Å². The van der Waals surface area contributed by atoms with Gasteiger partial charge in [-0.15, -0.1) is 0 Å². The molecule has 0 aliphatic carbocycles. The Hall–Kier alpha value is -2.18. The molecule has 0 bridgehead atoms. The van der Waals surface area contributed by atoms with Crippen molar-refractivity contribution in [3.8, 4) is 0 Å². The normalized spacial score (nSPS) is 15.5. The Bertz CT molecular complexity index is 651. The van der Waals surface area contributed by atoms with Crippen LogP contribution in [0, 0.1) is 0 Å². The van der Waals surface area contributed by atoms with Crippen LogP contribution < -0.4 is 10.6 Å². The Morgan fingerprint density at radius 3 is 2.91 bits per heavy atom. The highest BCUT2D eigenvalue weighted by Crippen LogP contribution is 2.20. The largest absolute Gasteiger partial charge is 0.379 e. The molecule has 6 nitrogen and oxygen atoms in total. The number of anilines is 1. The lowest BCUT2D eigenvalue weighted by Gasteiger charge is -2.26. The molecule has 0 atom stereocenters. The number of morpholine rings is 1. The van der Waals surface area contributed by atoms with Crippen LogP contribution in [0.2, 0.25) is 0 Å². The van der Waals surface area contributed by atoms with Crippen LogP contribution >= 0.6 is 0 Å². The molecule has 1 fully saturated rings. The monoisotopic (exact) mass is 314 g/mol. The maximum absolute atomic E-state index is 12.0. The van der Waals surface area contributed by atoms with Crippen LogP contribution in [0.5, 0.6) is 0 Å². The number of para-hydroxylation sites is 1. The average Bonchev–Trinajstić information content (AvgIpc) is 2.61. The number of hydrogen-bond acceptors (Lipinski definition) is 5. The van der Waals surface area contributed by atoms with Gasteiger partial charge in [-0.05, 0) is 12.1 Å². The van der Waals surface area contributed by atoms with Crippen molar-refractivity contribution in [2.24, 2.45) is 0 Å². The highest BCUT2D eigenvalue weighted by molar-refractivity contribution is 5.92. The third-order valence-corrected chi connectivity index (χ3v) is 3.93. The maximum atomic E-state index is 12.0. The van der Waals surface area contributed by atoms with Crippen molar-refractivity contribution in [2.45, 2.75) is 0 Å². The van der Waals surface area contributed by atoms with Crippen LogP contribution in [-0.2, 0) is 9.53 Å². The van der Waals surface area contributed by atoms with E-state index in [1.54, 1.807) is 6.20 Å². The summed E-state index contributed by atoms with van der Waals surface area (Å²) >= 11 is 0. The number of nitrogens with zero attached hydrogens (tertiary/aromatic N) is 2. The summed E-state index contributed by atoms with van der Waals surface area (Å²) in [5, 5.41) is 7.17. The second-order valence-corrected chi connectivity index (χ2v) is 5.54. The van der Waals surface area contributed by atoms with Gasteiger partial charge in [0.25, 0.3) is 0 Å². The number of carbonyl (C=O) groups excluding carboxylic acids is 1. The Morgan fingerprint density at radius 1 is 1.22 bits per heavy atom. The molecule has 1 aromatic heterocycles. The number of fused-ring (bicyclic) bond motifs is 1. The molecule has 1 aliphatic heterocycles. The van der Waals surface area contributed by atoms with E-state index in [4.69, 9.17) is 4.74 Å². The smallest absolute Gasteiger partial charge is 0.239 e. The second-order valence-electron chi connectivity index (χ2n) is 5.54. The van der Waals surface area contributed by atoms with Crippen molar-refractivity contribution in [1.82, 2.24) is 15.2 Å². The fourth-order valence-corrected chi connectivity index (χ4v) is 2.66. The van der Waals surface area contributed by atoms with Gasteiger partial charge in [0.2, 0.25) is 5.91 Å². The number of rotatable bonds is 6. The molecule has 6 heteroatoms. The molecule has 2 aromatic rings. The van der Waals surface area contributed by atoms with Gasteiger partial charge in [0, 0.05) is 37.8 Å². The van der Waals surface area contributed by atoms with Crippen LogP contribution in [0.3, 0.4) is 0 Å². The maximum Gasteiger partial charge on any atom is 0.239 e. The highest BCUT2D eigenvalue weighted by Gasteiger charge is 2.10. The minimum absolute atomic E-state index is 0.00815. The first-order chi connectivity index (χ1) is 11.3. The van der Waals surface area contributed by atoms with Crippen molar-refractivity contribution in [1.29, 1.82) is 0 Å². The standard InChI is InChI=1S/C17H22N4O2/c22-16(18-7-8-21-9-11-23-12-10-21)13-20-15-5-1-3-14-4-2-6-19-17(14)15/h1-6,20H,7-13H2,(H,18,22). The number of pyridine rings is 1. The summed E-state index contributed by atoms with van der Waals surface area (Å²) in [6.45, 7) is 5.22. The van der Waals surface area contributed by atoms with Gasteiger partial charge >= 0.3 is 0 Å². The molecule has 23 heavy (non-hydrogen) atoms. The minimum Gasteiger partial charge on any atom is -0.379 e. The van der Waals surface area contributed by atoms with E-state index in [9.17, 15) is 4.79 Å². The van der Waals surface area contributed by atoms with Crippen molar-refractivity contribution < 1.29 is 9.53 Å². The molecular weight excluding hydrogens is 292 g/mol. The van der Waals surface area contributed by atoms with E-state index < -0.39 is 0 Å². The van der Waals surface area contributed by atoms with E-state index in [-0.39, 0.29) is 12.5 Å². The summed E-state index contributed by atoms with van der Waals surface area (Å²) in [4.78, 5) is 18.6. The number of ether oxygens (including phenoxy) is 1. The first-order valence-corrected chi connectivity index (χ1v) is 7.97. The van der Waals surface area contributed by atoms with Gasteiger partial charge in [-0.25, -0.2) is 0 Å². The summed E-state index contributed by atoms with van der Waals surface area (Å²) in [5.41, 5.74) is 1.77. The Labute approximate surface area is 135 Å². The third-order valence-electron chi connectivity index (χ3n) is 3.93. The third kappa shape index (κ3) is 4.40. The lowest BCUT2D eigenvalue weighted by atomic mass is 10.2. The predicted molar refractivity (Wildman–Crippen MR) is 90.5 cm³/mol. The highest BCUT2D eigenvalue weighted by atomic mass is 16.5. The van der Waals surface area contributed by atoms with Gasteiger partial charge in [-0.2, -0.15) is 0 Å². The zero-order valence-electron chi connectivity index (χ0n) is 13.1. The van der Waals surface area contributed by atoms with Gasteiger partial charge in [0.15, 0.2) is 0 Å². The molecule has 122 valence electrons. The first kappa shape index (κ1) is 15.7. The number of hydrogen-bond donors (Lipinski definition) is 2. The van der Waals surface area contributed by atoms with E-state index in [0.29, 0.717) is 6.54 Å². The SMILES string of the molecule is O=C(CNc1cccc2cccnc12)NCCN1CCOCC1. The molecule has 1 saturated heterocycles. The zero-order valence-corrected chi connectivity index (χ0v) is 13.1. The molecule has 1 amide bonds. The summed E-state index contributed by atoms with van der Waals surface area (Å²) < 4.78 is 5.30. The van der Waals surface area contributed by atoms with E-state index in [1.165, 1.54) is 0 Å². The lowest BCUT2D eigenvalue weighted by molar-refractivity contribution is -0.119. The minimum atomic E-state index is -0.00815. The summed E-state index contributed by atoms with van der Waals surface area (Å²) in [6.07, 6.45) is 1.76. The van der Waals surface area contributed by atoms with E-state index in [2.05, 4.69) is 20.5 Å². The topological polar surface area (TPSA) is 66.5 Å². The van der Waals surface area contributed by atoms with E-state index in [0.717, 1.165) is 49.4 Å². The van der Waals surface area contributed by atoms with Crippen LogP contribution in [0.1, 0.15) is 0 Å². The van der Waals surface area contributed by atoms with E-state index >= 15 is 0 Å². The molecule has 2 heterocycles. The number of nitrogens with one attached hydrogen (secondary N) is 2. The van der Waals surface area contributed by atoms with Gasteiger partial charge in [0.1, 0.15) is 0 Å². The fourth-order valence-electron chi connectivity index (χ4n) is 2.66. The molecule has 0 radical (unpaired) electrons. The Balaban J connectivity index is 1.45. The molecule has 0 saturated carbocycles. The fraction of sp³-hybridized carbons (Fsp3) is 0.412. The molecular formula is C17H22N4O2. The summed E-state index contributed by atoms with van der Waals surface area (Å²) in [7, 11) is 0. The lowest BCUT2D eigenvalue weighted by Crippen LogP contribution is -2.42. The molecule has 0 unspecified atom stereocenters. The van der Waals surface area contributed by atoms with Crippen molar-refractivity contribution >= 4 is 22.5 Å². The van der Waals surface area contributed by atoms with E-state index in [1.807, 2.05) is 30.3 Å². The van der Waals surface area contributed by atoms with Crippen molar-refractivity contribution in [3.05, 3.63) is 36.5 Å². The van der Waals surface area contributed by atoms with Gasteiger partial charge in [0.05, 0.1) is 31.0 Å². The molecule has 0 spiro atoms. The van der Waals surface area contributed by atoms with Crippen molar-refractivity contribution in [3.63, 3.8) is 0 Å². The average molecular weight is 314 g/mol. The molecule has 3 rings (SSSR count). The second kappa shape index (κ2) is 7.89. The number of benzene rings is 1. The van der Waals surface area contributed by atoms with Gasteiger partial charge in [-0.1, -0.05) is 18.2 Å². The van der Waals surface area contributed by atoms with Crippen LogP contribution in [0.4, 0.5) is 5.69 Å². The molecule has 1 aliphatic rings. The Kier molecular flexibility index (Phi) is 5.39. The molecule has 1 aromatic carbocycles. The van der Waals surface area contributed by atoms with Crippen LogP contribution in [0.15, 0.2) is 36.5 Å². The predicted octanol–water partition coefficient (Wildman–Crippen LogP) is 1.10. The summed E-state index contributed by atoms with van der Waals surface area (Å²) in [6, 6.07) is 9.83. The first-order valence-electron chi connectivity index (χ1n) is 7.97. The number of carbonyl (C=O) groups is 1. The Morgan fingerprint density at radius 2 is 2.04 bits per heavy atom. The quantitative estimate of drug-likeness (QED) is 0.836. The summed E-state index contributed by atoms with van der Waals surface area (Å²) in [5.74, 6) is -0.00815. The zero-order chi connectivity index (χ0) is 15.9. The van der Waals surface area contributed by atoms with Gasteiger partial charge < -0.3 is 15.4 Å². The van der Waals surface area contributed by atoms with Crippen LogP contribution in [0.25, 0.3) is 10.9 Å². The van der Waals surface area contributed by atoms with Crippen molar-refractivity contribution in [2.75, 3.05) is 51.3 Å². The number of amides is 1. The molecule has 2 N–H and O–H groups in total. The van der Waals surface area contributed by atoms with Gasteiger partial charge in [-0.3, -0.25) is 14.7 Å².